The largest absolute Gasteiger partial charge is 0.416 e. The third-order valence-corrected chi connectivity index (χ3v) is 5.79. The number of benzene rings is 1. The van der Waals surface area contributed by atoms with Crippen LogP contribution in [0.25, 0.3) is 11.0 Å². The molecule has 2 aromatic heterocycles. The number of hydrogen-bond donors (Lipinski definition) is 1. The number of hydrogen-bond acceptors (Lipinski definition) is 6. The van der Waals surface area contributed by atoms with Gasteiger partial charge in [-0.15, -0.1) is 0 Å². The second kappa shape index (κ2) is 8.25. The monoisotopic (exact) mass is 455 g/mol. The summed E-state index contributed by atoms with van der Waals surface area (Å²) in [5.41, 5.74) is 3.94. The zero-order valence-corrected chi connectivity index (χ0v) is 17.8. The van der Waals surface area contributed by atoms with E-state index < -0.39 is 28.8 Å². The van der Waals surface area contributed by atoms with Crippen molar-refractivity contribution in [2.45, 2.75) is 31.2 Å². The number of anilines is 1. The number of fused-ring (bicyclic) bond motifs is 1. The van der Waals surface area contributed by atoms with Gasteiger partial charge < -0.3 is 10.3 Å². The van der Waals surface area contributed by atoms with Crippen molar-refractivity contribution in [2.75, 3.05) is 11.5 Å². The van der Waals surface area contributed by atoms with Crippen LogP contribution in [0.1, 0.15) is 29.3 Å². The lowest BCUT2D eigenvalue weighted by Gasteiger charge is -2.11. The summed E-state index contributed by atoms with van der Waals surface area (Å²) in [6, 6.07) is 3.28. The number of carbonyl (C=O) groups excluding carboxylic acids is 1. The number of rotatable bonds is 6. The minimum absolute atomic E-state index is 0.225. The Labute approximate surface area is 178 Å². The van der Waals surface area contributed by atoms with Gasteiger partial charge in [-0.3, -0.25) is 18.7 Å². The Hall–Kier alpha value is -3.02. The average molecular weight is 455 g/mol. The molecular weight excluding hydrogens is 435 g/mol. The third-order valence-electron chi connectivity index (χ3n) is 4.81. The number of aryl methyl sites for hydroxylation is 1. The van der Waals surface area contributed by atoms with Gasteiger partial charge in [0.1, 0.15) is 11.4 Å². The molecule has 3 rings (SSSR count). The molecule has 1 aromatic carbocycles. The maximum Gasteiger partial charge on any atom is 0.416 e. The molecule has 0 spiro atoms. The van der Waals surface area contributed by atoms with Crippen molar-refractivity contribution in [3.05, 3.63) is 50.2 Å². The van der Waals surface area contributed by atoms with E-state index in [9.17, 15) is 27.6 Å². The maximum atomic E-state index is 13.1. The fourth-order valence-corrected chi connectivity index (χ4v) is 4.06. The van der Waals surface area contributed by atoms with Crippen LogP contribution in [-0.4, -0.2) is 30.2 Å². The number of nitrogens with two attached hydrogens (primary N) is 1. The summed E-state index contributed by atoms with van der Waals surface area (Å²) in [6.07, 6.45) is -3.85. The van der Waals surface area contributed by atoms with Gasteiger partial charge >= 0.3 is 11.9 Å². The van der Waals surface area contributed by atoms with E-state index in [1.54, 1.807) is 4.57 Å². The smallest absolute Gasteiger partial charge is 0.384 e. The fourth-order valence-electron chi connectivity index (χ4n) is 3.15. The summed E-state index contributed by atoms with van der Waals surface area (Å²) in [4.78, 5) is 41.4. The van der Waals surface area contributed by atoms with Gasteiger partial charge in [0.05, 0.1) is 22.3 Å². The number of nitrogen functional groups attached to an aromatic ring is 1. The highest BCUT2D eigenvalue weighted by Gasteiger charge is 2.31. The first kappa shape index (κ1) is 22.7. The van der Waals surface area contributed by atoms with Gasteiger partial charge in [0.2, 0.25) is 0 Å². The number of nitrogens with zero attached hydrogens (tertiary/aromatic N) is 4. The molecule has 8 nitrogen and oxygen atoms in total. The Balaban J connectivity index is 1.98. The first-order valence-electron chi connectivity index (χ1n) is 9.26. The lowest BCUT2D eigenvalue weighted by Crippen LogP contribution is -2.41. The summed E-state index contributed by atoms with van der Waals surface area (Å²) >= 11 is 0.992. The van der Waals surface area contributed by atoms with Gasteiger partial charge in [0.25, 0.3) is 5.56 Å². The third kappa shape index (κ3) is 4.11. The molecule has 0 aliphatic heterocycles. The topological polar surface area (TPSA) is 105 Å². The van der Waals surface area contributed by atoms with Crippen molar-refractivity contribution in [3.8, 4) is 0 Å². The van der Waals surface area contributed by atoms with Gasteiger partial charge in [-0.05, 0) is 24.6 Å². The lowest BCUT2D eigenvalue weighted by atomic mass is 10.2. The molecule has 2 N–H and O–H groups in total. The van der Waals surface area contributed by atoms with E-state index in [1.165, 1.54) is 20.2 Å². The van der Waals surface area contributed by atoms with E-state index in [2.05, 4.69) is 4.98 Å². The van der Waals surface area contributed by atoms with E-state index in [0.717, 1.165) is 33.0 Å². The highest BCUT2D eigenvalue weighted by atomic mass is 32.2. The lowest BCUT2D eigenvalue weighted by molar-refractivity contribution is -0.137. The summed E-state index contributed by atoms with van der Waals surface area (Å²) in [6.45, 7) is 2.27. The number of Topliss-reactive ketones (excluding diaryl/α,β-unsaturated/α-hetero) is 1. The molecule has 0 bridgehead atoms. The normalized spacial score (nSPS) is 11.9. The van der Waals surface area contributed by atoms with Crippen LogP contribution >= 0.6 is 11.8 Å². The van der Waals surface area contributed by atoms with Crippen molar-refractivity contribution < 1.29 is 18.0 Å². The summed E-state index contributed by atoms with van der Waals surface area (Å²) in [5.74, 6) is -1.07. The van der Waals surface area contributed by atoms with E-state index >= 15 is 0 Å². The first-order valence-corrected chi connectivity index (χ1v) is 10.2. The Morgan fingerprint density at radius 3 is 2.48 bits per heavy atom. The van der Waals surface area contributed by atoms with Crippen LogP contribution in [0.4, 0.5) is 19.0 Å². The molecule has 0 saturated heterocycles. The molecule has 0 radical (unpaired) electrons. The second-order valence-electron chi connectivity index (χ2n) is 6.93. The van der Waals surface area contributed by atoms with Crippen molar-refractivity contribution in [2.24, 2.45) is 14.1 Å². The quantitative estimate of drug-likeness (QED) is 0.452. The van der Waals surface area contributed by atoms with Gasteiger partial charge in [-0.25, -0.2) is 9.78 Å². The van der Waals surface area contributed by atoms with Crippen LogP contribution in [0, 0.1) is 0 Å². The first-order chi connectivity index (χ1) is 14.5. The van der Waals surface area contributed by atoms with Crippen molar-refractivity contribution >= 4 is 34.4 Å². The molecule has 0 aliphatic rings. The van der Waals surface area contributed by atoms with E-state index in [-0.39, 0.29) is 17.1 Å². The highest BCUT2D eigenvalue weighted by Crippen LogP contribution is 2.33. The summed E-state index contributed by atoms with van der Waals surface area (Å²) < 4.78 is 42.7. The molecule has 31 heavy (non-hydrogen) atoms. The van der Waals surface area contributed by atoms with Crippen LogP contribution in [0.3, 0.4) is 0 Å². The average Bonchev–Trinajstić information content (AvgIpc) is 3.06. The summed E-state index contributed by atoms with van der Waals surface area (Å²) in [5, 5.41) is 0.352. The molecular formula is C19H20F3N5O3S. The number of alkyl halides is 3. The van der Waals surface area contributed by atoms with Crippen molar-refractivity contribution in [3.63, 3.8) is 0 Å². The van der Waals surface area contributed by atoms with E-state index in [0.29, 0.717) is 29.2 Å². The van der Waals surface area contributed by atoms with Crippen molar-refractivity contribution in [1.29, 1.82) is 0 Å². The Bertz CT molecular complexity index is 1290. The molecule has 0 atom stereocenters. The van der Waals surface area contributed by atoms with Gasteiger partial charge in [-0.2, -0.15) is 13.2 Å². The Kier molecular flexibility index (Phi) is 6.03. The van der Waals surface area contributed by atoms with Crippen LogP contribution < -0.4 is 17.0 Å². The van der Waals surface area contributed by atoms with Crippen molar-refractivity contribution in [1.82, 2.24) is 18.7 Å². The van der Waals surface area contributed by atoms with Crippen LogP contribution in [0.2, 0.25) is 0 Å². The number of thioether (sulfide) groups is 1. The maximum absolute atomic E-state index is 13.1. The van der Waals surface area contributed by atoms with E-state index in [4.69, 9.17) is 5.73 Å². The standard InChI is InChI=1S/C19H20F3N5O3S/c1-4-7-27-12-8-10(19(20,21)22)5-6-11(12)24-17(27)31-9-13(28)14-15(23)25(2)18(30)26(3)16(14)29/h5-6,8H,4,7,9,23H2,1-3H3. The molecule has 0 fully saturated rings. The Morgan fingerprint density at radius 2 is 1.87 bits per heavy atom. The predicted octanol–water partition coefficient (Wildman–Crippen LogP) is 2.42. The second-order valence-corrected chi connectivity index (χ2v) is 7.87. The predicted molar refractivity (Wildman–Crippen MR) is 111 cm³/mol. The molecule has 166 valence electrons. The highest BCUT2D eigenvalue weighted by molar-refractivity contribution is 7.99. The number of ketones is 1. The van der Waals surface area contributed by atoms with Gasteiger partial charge in [0.15, 0.2) is 10.9 Å². The fraction of sp³-hybridized carbons (Fsp3) is 0.368. The molecule has 2 heterocycles. The zero-order chi connectivity index (χ0) is 23.1. The van der Waals surface area contributed by atoms with Gasteiger partial charge in [0, 0.05) is 20.6 Å². The molecule has 0 saturated carbocycles. The number of carbonyl (C=O) groups is 1. The van der Waals surface area contributed by atoms with Crippen LogP contribution in [0.5, 0.6) is 0 Å². The molecule has 12 heteroatoms. The molecule has 3 aromatic rings. The number of imidazole rings is 1. The number of halogens is 3. The SMILES string of the molecule is CCCn1c(SCC(=O)c2c(N)n(C)c(=O)n(C)c2=O)nc2ccc(C(F)(F)F)cc21. The van der Waals surface area contributed by atoms with Gasteiger partial charge in [-0.1, -0.05) is 18.7 Å². The minimum Gasteiger partial charge on any atom is -0.384 e. The molecule has 0 unspecified atom stereocenters. The molecule has 0 amide bonds. The summed E-state index contributed by atoms with van der Waals surface area (Å²) in [7, 11) is 2.59. The molecule has 0 aliphatic carbocycles. The van der Waals surface area contributed by atoms with Crippen LogP contribution in [0.15, 0.2) is 32.9 Å². The minimum atomic E-state index is -4.49. The van der Waals surface area contributed by atoms with Crippen LogP contribution in [-0.2, 0) is 26.8 Å². The van der Waals surface area contributed by atoms with E-state index in [1.807, 2.05) is 6.92 Å². The Morgan fingerprint density at radius 1 is 1.19 bits per heavy atom. The zero-order valence-electron chi connectivity index (χ0n) is 17.0. The number of aromatic nitrogens is 4.